The molecule has 0 aliphatic carbocycles. The number of carbonyl (C=O) groups is 1. The van der Waals surface area contributed by atoms with E-state index in [1.807, 2.05) is 0 Å². The Bertz CT molecular complexity index is 96.7. The number of hydrogen-bond donors (Lipinski definition) is 2. The lowest BCUT2D eigenvalue weighted by Crippen LogP contribution is -2.35. The van der Waals surface area contributed by atoms with E-state index in [0.29, 0.717) is 0 Å². The van der Waals surface area contributed by atoms with Gasteiger partial charge >= 0.3 is 0 Å². The second kappa shape index (κ2) is 2.46. The summed E-state index contributed by atoms with van der Waals surface area (Å²) in [4.78, 5) is 10.4. The van der Waals surface area contributed by atoms with Gasteiger partial charge in [0, 0.05) is 0 Å². The zero-order valence-electron chi connectivity index (χ0n) is 4.73. The van der Waals surface area contributed by atoms with Crippen LogP contribution in [0.2, 0.25) is 0 Å². The Morgan fingerprint density at radius 1 is 1.75 bits per heavy atom. The Morgan fingerprint density at radius 2 is 2.12 bits per heavy atom. The minimum Gasteiger partial charge on any atom is -0.289 e. The monoisotopic (exact) mass is 181 g/mol. The van der Waals surface area contributed by atoms with Crippen molar-refractivity contribution in [1.29, 1.82) is 0 Å². The molecule has 0 aliphatic rings. The molecule has 0 heterocycles. The predicted octanol–water partition coefficient (Wildman–Crippen LogP) is 0.665. The lowest BCUT2D eigenvalue weighted by Gasteiger charge is -2.11. The van der Waals surface area contributed by atoms with E-state index in [-0.39, 0.29) is 0 Å². The summed E-state index contributed by atoms with van der Waals surface area (Å²) in [6.45, 7) is 3.27. The Balaban J connectivity index is 3.82. The van der Waals surface area contributed by atoms with Crippen LogP contribution in [-0.2, 0) is 4.79 Å². The van der Waals surface area contributed by atoms with Crippen LogP contribution in [0, 0.1) is 0 Å². The minimum absolute atomic E-state index is 0.447. The fourth-order valence-corrected chi connectivity index (χ4v) is 0.222. The maximum atomic E-state index is 10.4. The molecule has 0 bridgehead atoms. The van der Waals surface area contributed by atoms with Crippen molar-refractivity contribution in [2.24, 2.45) is 0 Å². The number of hydrogen-bond acceptors (Lipinski definition) is 2. The molecule has 0 saturated heterocycles. The summed E-state index contributed by atoms with van der Waals surface area (Å²) >= 11 is 3.03. The molecule has 0 spiro atoms. The fraction of sp³-hybridized carbons (Fsp3) is 0.750. The molecule has 0 radical (unpaired) electrons. The number of rotatable bonds is 1. The number of hydroxylamine groups is 1. The number of nitrogens with one attached hydrogen (secondary N) is 1. The van der Waals surface area contributed by atoms with Crippen LogP contribution < -0.4 is 5.48 Å². The molecule has 0 atom stereocenters. The second-order valence-corrected chi connectivity index (χ2v) is 3.90. The van der Waals surface area contributed by atoms with Gasteiger partial charge in [0.05, 0.1) is 0 Å². The molecule has 0 aromatic heterocycles. The van der Waals surface area contributed by atoms with Crippen molar-refractivity contribution in [3.63, 3.8) is 0 Å². The van der Waals surface area contributed by atoms with Crippen molar-refractivity contribution in [3.8, 4) is 0 Å². The van der Waals surface area contributed by atoms with E-state index in [4.69, 9.17) is 5.21 Å². The largest absolute Gasteiger partial charge is 0.289 e. The van der Waals surface area contributed by atoms with Gasteiger partial charge in [-0.25, -0.2) is 5.48 Å². The summed E-state index contributed by atoms with van der Waals surface area (Å²) < 4.78 is -0.679. The molecule has 0 aromatic rings. The van der Waals surface area contributed by atoms with Gasteiger partial charge in [-0.3, -0.25) is 10.0 Å². The Hall–Kier alpha value is -0.0900. The van der Waals surface area contributed by atoms with Crippen molar-refractivity contribution in [3.05, 3.63) is 0 Å². The molecule has 4 heteroatoms. The molecule has 0 unspecified atom stereocenters. The number of carbonyl (C=O) groups excluding carboxylic acids is 1. The maximum Gasteiger partial charge on any atom is 0.259 e. The summed E-state index contributed by atoms with van der Waals surface area (Å²) in [6, 6.07) is 0. The molecule has 0 fully saturated rings. The van der Waals surface area contributed by atoms with E-state index in [1.165, 1.54) is 5.48 Å². The zero-order chi connectivity index (χ0) is 6.78. The van der Waals surface area contributed by atoms with Crippen molar-refractivity contribution in [2.45, 2.75) is 18.2 Å². The van der Waals surface area contributed by atoms with Gasteiger partial charge in [-0.2, -0.15) is 0 Å². The molecule has 0 aromatic carbocycles. The average Bonchev–Trinajstić information content (AvgIpc) is 1.62. The number of alkyl halides is 1. The number of amides is 1. The van der Waals surface area contributed by atoms with E-state index < -0.39 is 10.2 Å². The topological polar surface area (TPSA) is 49.3 Å². The smallest absolute Gasteiger partial charge is 0.259 e. The van der Waals surface area contributed by atoms with Crippen LogP contribution in [0.15, 0.2) is 0 Å². The third-order valence-corrected chi connectivity index (χ3v) is 1.00. The van der Waals surface area contributed by atoms with Crippen LogP contribution in [0.3, 0.4) is 0 Å². The molecule has 0 saturated carbocycles. The predicted molar refractivity (Wildman–Crippen MR) is 32.9 cm³/mol. The molecule has 1 amide bonds. The quantitative estimate of drug-likeness (QED) is 0.355. The van der Waals surface area contributed by atoms with Gasteiger partial charge in [-0.05, 0) is 13.8 Å². The van der Waals surface area contributed by atoms with Crippen LogP contribution in [0.4, 0.5) is 0 Å². The summed E-state index contributed by atoms with van der Waals surface area (Å²) in [5, 5.41) is 8.04. The van der Waals surface area contributed by atoms with Crippen molar-refractivity contribution in [2.75, 3.05) is 0 Å². The molecule has 0 rings (SSSR count). The highest BCUT2D eigenvalue weighted by Gasteiger charge is 2.22. The first-order chi connectivity index (χ1) is 3.48. The lowest BCUT2D eigenvalue weighted by molar-refractivity contribution is -0.130. The Kier molecular flexibility index (Phi) is 2.43. The molecular formula is C4H8BrNO2. The molecule has 0 aliphatic heterocycles. The van der Waals surface area contributed by atoms with Gasteiger partial charge in [-0.15, -0.1) is 0 Å². The molecular weight excluding hydrogens is 174 g/mol. The average molecular weight is 182 g/mol. The van der Waals surface area contributed by atoms with Gasteiger partial charge in [0.15, 0.2) is 0 Å². The van der Waals surface area contributed by atoms with Crippen LogP contribution >= 0.6 is 15.9 Å². The molecule has 2 N–H and O–H groups in total. The van der Waals surface area contributed by atoms with E-state index in [2.05, 4.69) is 15.9 Å². The highest BCUT2D eigenvalue weighted by atomic mass is 79.9. The van der Waals surface area contributed by atoms with Gasteiger partial charge in [0.1, 0.15) is 4.32 Å². The zero-order valence-corrected chi connectivity index (χ0v) is 6.32. The first-order valence-electron chi connectivity index (χ1n) is 2.12. The van der Waals surface area contributed by atoms with E-state index in [9.17, 15) is 4.79 Å². The minimum atomic E-state index is -0.679. The van der Waals surface area contributed by atoms with Crippen molar-refractivity contribution in [1.82, 2.24) is 5.48 Å². The van der Waals surface area contributed by atoms with E-state index >= 15 is 0 Å². The van der Waals surface area contributed by atoms with E-state index in [0.717, 1.165) is 0 Å². The molecule has 8 heavy (non-hydrogen) atoms. The van der Waals surface area contributed by atoms with Gasteiger partial charge < -0.3 is 0 Å². The highest BCUT2D eigenvalue weighted by Crippen LogP contribution is 2.14. The van der Waals surface area contributed by atoms with Crippen LogP contribution in [0.1, 0.15) is 13.8 Å². The van der Waals surface area contributed by atoms with Gasteiger partial charge in [-0.1, -0.05) is 15.9 Å². The van der Waals surface area contributed by atoms with Gasteiger partial charge in [0.25, 0.3) is 5.91 Å². The van der Waals surface area contributed by atoms with E-state index in [1.54, 1.807) is 13.8 Å². The summed E-state index contributed by atoms with van der Waals surface area (Å²) in [6.07, 6.45) is 0. The summed E-state index contributed by atoms with van der Waals surface area (Å²) in [5.41, 5.74) is 1.52. The van der Waals surface area contributed by atoms with Crippen molar-refractivity contribution >= 4 is 21.8 Å². The third-order valence-electron chi connectivity index (χ3n) is 0.641. The van der Waals surface area contributed by atoms with Crippen molar-refractivity contribution < 1.29 is 10.0 Å². The van der Waals surface area contributed by atoms with Crippen LogP contribution in [0.25, 0.3) is 0 Å². The first-order valence-corrected chi connectivity index (χ1v) is 2.91. The SMILES string of the molecule is CC(C)(Br)C(=O)NO. The van der Waals surface area contributed by atoms with Crippen LogP contribution in [0.5, 0.6) is 0 Å². The van der Waals surface area contributed by atoms with Crippen LogP contribution in [-0.4, -0.2) is 15.4 Å². The summed E-state index contributed by atoms with van der Waals surface area (Å²) in [7, 11) is 0. The third kappa shape index (κ3) is 2.28. The number of halogens is 1. The standard InChI is InChI=1S/C4H8BrNO2/c1-4(2,5)3(7)6-8/h8H,1-2H3,(H,6,7). The molecule has 3 nitrogen and oxygen atoms in total. The summed E-state index contributed by atoms with van der Waals surface area (Å²) in [5.74, 6) is -0.447. The maximum absolute atomic E-state index is 10.4. The molecule has 48 valence electrons. The Labute approximate surface area is 56.2 Å². The fourth-order valence-electron chi connectivity index (χ4n) is 0.133. The second-order valence-electron chi connectivity index (χ2n) is 1.91. The normalized spacial score (nSPS) is 11.0. The Morgan fingerprint density at radius 3 is 2.12 bits per heavy atom. The highest BCUT2D eigenvalue weighted by molar-refractivity contribution is 9.10. The first kappa shape index (κ1) is 7.91. The lowest BCUT2D eigenvalue weighted by atomic mass is 10.2. The van der Waals surface area contributed by atoms with Gasteiger partial charge in [0.2, 0.25) is 0 Å².